The Bertz CT molecular complexity index is 1500. The topological polar surface area (TPSA) is 70.9 Å². The van der Waals surface area contributed by atoms with Gasteiger partial charge in [0.1, 0.15) is 18.2 Å². The molecule has 2 aromatic carbocycles. The van der Waals surface area contributed by atoms with Crippen molar-refractivity contribution in [2.24, 2.45) is 0 Å². The Labute approximate surface area is 224 Å². The number of carbonyl (C=O) groups excluding carboxylic acids is 1. The number of ether oxygens (including phenoxy) is 1. The van der Waals surface area contributed by atoms with E-state index < -0.39 is 5.82 Å². The summed E-state index contributed by atoms with van der Waals surface area (Å²) in [4.78, 5) is 36.6. The maximum atomic E-state index is 15.0. The molecule has 2 fully saturated rings. The van der Waals surface area contributed by atoms with Crippen LogP contribution in [0.2, 0.25) is 5.02 Å². The minimum Gasteiger partial charge on any atom is -0.488 e. The van der Waals surface area contributed by atoms with Crippen LogP contribution < -0.4 is 15.3 Å². The molecule has 4 heterocycles. The molecule has 2 atom stereocenters. The summed E-state index contributed by atoms with van der Waals surface area (Å²) in [7, 11) is 0. The van der Waals surface area contributed by atoms with Crippen LogP contribution in [0.1, 0.15) is 19.4 Å². The molecular weight excluding hydrogens is 509 g/mol. The molecule has 3 aliphatic rings. The fraction of sp³-hybridized carbons (Fsp3) is 0.393. The first-order chi connectivity index (χ1) is 18.4. The van der Waals surface area contributed by atoms with E-state index in [2.05, 4.69) is 16.5 Å². The van der Waals surface area contributed by atoms with Crippen LogP contribution in [0.25, 0.3) is 22.0 Å². The average Bonchev–Trinajstić information content (AvgIpc) is 2.88. The molecule has 1 amide bonds. The fourth-order valence-corrected chi connectivity index (χ4v) is 6.10. The van der Waals surface area contributed by atoms with Crippen molar-refractivity contribution in [3.63, 3.8) is 0 Å². The zero-order valence-electron chi connectivity index (χ0n) is 21.2. The maximum Gasteiger partial charge on any atom is 0.350 e. The number of anilines is 1. The van der Waals surface area contributed by atoms with E-state index in [4.69, 9.17) is 16.3 Å². The number of hydrogen-bond acceptors (Lipinski definition) is 6. The summed E-state index contributed by atoms with van der Waals surface area (Å²) < 4.78 is 23.0. The first-order valence-electron chi connectivity index (χ1n) is 12.9. The van der Waals surface area contributed by atoms with E-state index in [1.165, 1.54) is 12.1 Å². The van der Waals surface area contributed by atoms with Crippen LogP contribution in [-0.2, 0) is 4.79 Å². The summed E-state index contributed by atoms with van der Waals surface area (Å²) in [5.74, 6) is 0.347. The van der Waals surface area contributed by atoms with Crippen molar-refractivity contribution in [3.8, 4) is 16.9 Å². The fourth-order valence-electron chi connectivity index (χ4n) is 5.81. The normalized spacial score (nSPS) is 21.2. The van der Waals surface area contributed by atoms with Crippen molar-refractivity contribution in [2.75, 3.05) is 50.8 Å². The zero-order chi connectivity index (χ0) is 26.6. The highest BCUT2D eigenvalue weighted by molar-refractivity contribution is 6.35. The summed E-state index contributed by atoms with van der Waals surface area (Å²) in [6.07, 6.45) is 2.45. The van der Waals surface area contributed by atoms with Crippen LogP contribution in [0.5, 0.6) is 5.75 Å². The Kier molecular flexibility index (Phi) is 6.36. The number of nitrogens with zero attached hydrogens (tertiary/aromatic N) is 5. The Morgan fingerprint density at radius 3 is 2.74 bits per heavy atom. The quantitative estimate of drug-likeness (QED) is 0.462. The number of rotatable bonds is 5. The van der Waals surface area contributed by atoms with Crippen LogP contribution in [-0.4, -0.2) is 77.2 Å². The molecule has 38 heavy (non-hydrogen) atoms. The van der Waals surface area contributed by atoms with Gasteiger partial charge < -0.3 is 19.4 Å². The number of halogens is 2. The second-order valence-electron chi connectivity index (χ2n) is 10.2. The number of likely N-dealkylation sites (tertiary alicyclic amines) is 1. The van der Waals surface area contributed by atoms with E-state index in [-0.39, 0.29) is 30.3 Å². The van der Waals surface area contributed by atoms with Crippen molar-refractivity contribution in [1.29, 1.82) is 0 Å². The smallest absolute Gasteiger partial charge is 0.350 e. The van der Waals surface area contributed by atoms with Crippen LogP contribution >= 0.6 is 11.6 Å². The Morgan fingerprint density at radius 1 is 1.26 bits per heavy atom. The van der Waals surface area contributed by atoms with Gasteiger partial charge in [-0.1, -0.05) is 36.4 Å². The number of amides is 1. The maximum absolute atomic E-state index is 15.0. The molecule has 10 heteroatoms. The van der Waals surface area contributed by atoms with E-state index in [0.29, 0.717) is 64.8 Å². The second-order valence-corrected chi connectivity index (χ2v) is 10.6. The summed E-state index contributed by atoms with van der Waals surface area (Å²) >= 11 is 6.83. The SMILES string of the molecule is C=CC(=O)N1CCN(c2nc(=O)n3c4c(c(-c5ccccc5F)c(Cl)cc24)OCC3CN2CCC2)C[C@H]1C. The Balaban J connectivity index is 1.54. The molecule has 0 bridgehead atoms. The molecule has 1 aromatic heterocycles. The van der Waals surface area contributed by atoms with Crippen LogP contribution in [0, 0.1) is 5.82 Å². The summed E-state index contributed by atoms with van der Waals surface area (Å²) in [6.45, 7) is 9.93. The lowest BCUT2D eigenvalue weighted by Gasteiger charge is -2.41. The van der Waals surface area contributed by atoms with Crippen molar-refractivity contribution in [1.82, 2.24) is 19.4 Å². The third-order valence-corrected chi connectivity index (χ3v) is 8.13. The number of piperazine rings is 1. The highest BCUT2D eigenvalue weighted by Crippen LogP contribution is 2.47. The van der Waals surface area contributed by atoms with Gasteiger partial charge in [-0.05, 0) is 44.6 Å². The van der Waals surface area contributed by atoms with E-state index in [9.17, 15) is 14.0 Å². The Morgan fingerprint density at radius 2 is 2.05 bits per heavy atom. The molecule has 3 aliphatic heterocycles. The van der Waals surface area contributed by atoms with Crippen molar-refractivity contribution in [2.45, 2.75) is 25.4 Å². The van der Waals surface area contributed by atoms with Gasteiger partial charge in [-0.25, -0.2) is 9.18 Å². The number of carbonyl (C=O) groups is 1. The number of aromatic nitrogens is 2. The zero-order valence-corrected chi connectivity index (χ0v) is 22.0. The van der Waals surface area contributed by atoms with Crippen molar-refractivity contribution < 1.29 is 13.9 Å². The second kappa shape index (κ2) is 9.71. The van der Waals surface area contributed by atoms with Gasteiger partial charge in [0.25, 0.3) is 0 Å². The van der Waals surface area contributed by atoms with Crippen LogP contribution in [0.3, 0.4) is 0 Å². The molecule has 198 valence electrons. The lowest BCUT2D eigenvalue weighted by Crippen LogP contribution is -2.54. The van der Waals surface area contributed by atoms with E-state index in [1.54, 1.807) is 33.7 Å². The minimum absolute atomic E-state index is 0.107. The predicted octanol–water partition coefficient (Wildman–Crippen LogP) is 3.72. The molecule has 0 saturated carbocycles. The van der Waals surface area contributed by atoms with Crippen molar-refractivity contribution >= 4 is 34.2 Å². The molecule has 0 radical (unpaired) electrons. The number of benzene rings is 2. The first kappa shape index (κ1) is 24.9. The molecule has 6 rings (SSSR count). The summed E-state index contributed by atoms with van der Waals surface area (Å²) in [5.41, 5.74) is 0.955. The predicted molar refractivity (Wildman–Crippen MR) is 146 cm³/mol. The van der Waals surface area contributed by atoms with Gasteiger partial charge in [-0.15, -0.1) is 0 Å². The molecule has 8 nitrogen and oxygen atoms in total. The van der Waals surface area contributed by atoms with E-state index >= 15 is 0 Å². The van der Waals surface area contributed by atoms with Gasteiger partial charge in [0.15, 0.2) is 5.75 Å². The van der Waals surface area contributed by atoms with Crippen molar-refractivity contribution in [3.05, 3.63) is 64.3 Å². The summed E-state index contributed by atoms with van der Waals surface area (Å²) in [6, 6.07) is 7.85. The average molecular weight is 538 g/mol. The lowest BCUT2D eigenvalue weighted by molar-refractivity contribution is -0.128. The molecule has 1 unspecified atom stereocenters. The van der Waals surface area contributed by atoms with Gasteiger partial charge in [0.05, 0.1) is 16.6 Å². The lowest BCUT2D eigenvalue weighted by atomic mass is 9.99. The molecule has 0 aliphatic carbocycles. The first-order valence-corrected chi connectivity index (χ1v) is 13.3. The third kappa shape index (κ3) is 4.05. The largest absolute Gasteiger partial charge is 0.488 e. The van der Waals surface area contributed by atoms with E-state index in [1.807, 2.05) is 11.8 Å². The van der Waals surface area contributed by atoms with Crippen LogP contribution in [0.15, 0.2) is 47.8 Å². The number of hydrogen-bond donors (Lipinski definition) is 0. The highest BCUT2D eigenvalue weighted by atomic mass is 35.5. The standard InChI is InChI=1S/C28H29ClFN5O3/c1-3-23(36)34-12-11-33(14-17(34)2)27-20-13-21(29)24(19-7-4-5-8-22(19)30)26-25(20)35(28(37)31-27)18(16-38-26)15-32-9-6-10-32/h3-5,7-8,13,17-18H,1,6,9-12,14-16H2,2H3/t17-,18?/m1/s1. The molecule has 0 N–H and O–H groups in total. The molecule has 0 spiro atoms. The Hall–Kier alpha value is -3.43. The van der Waals surface area contributed by atoms with Gasteiger partial charge in [-0.2, -0.15) is 4.98 Å². The third-order valence-electron chi connectivity index (χ3n) is 7.83. The summed E-state index contributed by atoms with van der Waals surface area (Å²) in [5, 5.41) is 0.995. The van der Waals surface area contributed by atoms with Gasteiger partial charge in [0.2, 0.25) is 5.91 Å². The monoisotopic (exact) mass is 537 g/mol. The van der Waals surface area contributed by atoms with E-state index in [0.717, 1.165) is 19.5 Å². The van der Waals surface area contributed by atoms with Crippen LogP contribution in [0.4, 0.5) is 10.2 Å². The highest BCUT2D eigenvalue weighted by Gasteiger charge is 2.35. The molecule has 2 saturated heterocycles. The minimum atomic E-state index is -0.420. The molecule has 3 aromatic rings. The van der Waals surface area contributed by atoms with Gasteiger partial charge in [-0.3, -0.25) is 9.36 Å². The molecular formula is C28H29ClFN5O3. The van der Waals surface area contributed by atoms with Gasteiger partial charge >= 0.3 is 5.69 Å². The van der Waals surface area contributed by atoms with Gasteiger partial charge in [0, 0.05) is 48.7 Å².